The van der Waals surface area contributed by atoms with E-state index in [0.29, 0.717) is 11.3 Å². The lowest BCUT2D eigenvalue weighted by atomic mass is 10.2. The van der Waals surface area contributed by atoms with Gasteiger partial charge in [0.15, 0.2) is 0 Å². The molecule has 0 fully saturated rings. The summed E-state index contributed by atoms with van der Waals surface area (Å²) in [5, 5.41) is 19.6. The fraction of sp³-hybridized carbons (Fsp3) is 0.125. The lowest BCUT2D eigenvalue weighted by molar-refractivity contribution is 0.321. The minimum atomic E-state index is 0.481. The molecule has 60 valence electrons. The Labute approximate surface area is 69.8 Å². The standard InChI is InChI=1S/C8H7N3O/c1-6-2-7(4-9)3-8(11-6)5-10-12/h2-3,5,12H,1H3. The summed E-state index contributed by atoms with van der Waals surface area (Å²) < 4.78 is 0. The predicted molar refractivity (Wildman–Crippen MR) is 43.1 cm³/mol. The van der Waals surface area contributed by atoms with E-state index in [-0.39, 0.29) is 0 Å². The molecule has 0 radical (unpaired) electrons. The van der Waals surface area contributed by atoms with Crippen LogP contribution >= 0.6 is 0 Å². The first-order valence-corrected chi connectivity index (χ1v) is 3.32. The SMILES string of the molecule is Cc1cc(C#N)cc(C=NO)n1. The van der Waals surface area contributed by atoms with E-state index < -0.39 is 0 Å². The highest BCUT2D eigenvalue weighted by atomic mass is 16.4. The molecule has 0 aliphatic carbocycles. The first-order valence-electron chi connectivity index (χ1n) is 3.32. The third-order valence-corrected chi connectivity index (χ3v) is 1.29. The van der Waals surface area contributed by atoms with Gasteiger partial charge in [-0.3, -0.25) is 4.98 Å². The van der Waals surface area contributed by atoms with Crippen molar-refractivity contribution in [2.45, 2.75) is 6.92 Å². The maximum absolute atomic E-state index is 8.57. The predicted octanol–water partition coefficient (Wildman–Crippen LogP) is 1.07. The van der Waals surface area contributed by atoms with Crippen molar-refractivity contribution in [3.63, 3.8) is 0 Å². The zero-order chi connectivity index (χ0) is 8.97. The van der Waals surface area contributed by atoms with E-state index >= 15 is 0 Å². The number of pyridine rings is 1. The van der Waals surface area contributed by atoms with Crippen LogP contribution < -0.4 is 0 Å². The van der Waals surface area contributed by atoms with Gasteiger partial charge in [-0.15, -0.1) is 0 Å². The van der Waals surface area contributed by atoms with Gasteiger partial charge in [0.1, 0.15) is 0 Å². The molecular weight excluding hydrogens is 154 g/mol. The van der Waals surface area contributed by atoms with E-state index in [4.69, 9.17) is 10.5 Å². The molecule has 0 bridgehead atoms. The summed E-state index contributed by atoms with van der Waals surface area (Å²) >= 11 is 0. The lowest BCUT2D eigenvalue weighted by Crippen LogP contribution is -1.92. The fourth-order valence-corrected chi connectivity index (χ4v) is 0.884. The van der Waals surface area contributed by atoms with E-state index in [1.165, 1.54) is 6.21 Å². The van der Waals surface area contributed by atoms with Gasteiger partial charge >= 0.3 is 0 Å². The molecule has 1 aromatic rings. The van der Waals surface area contributed by atoms with Crippen LogP contribution in [0.4, 0.5) is 0 Å². The van der Waals surface area contributed by atoms with Crippen LogP contribution in [0.2, 0.25) is 0 Å². The van der Waals surface area contributed by atoms with Crippen LogP contribution in [0.25, 0.3) is 0 Å². The number of aryl methyl sites for hydroxylation is 1. The summed E-state index contributed by atoms with van der Waals surface area (Å²) in [6, 6.07) is 5.19. The lowest BCUT2D eigenvalue weighted by Gasteiger charge is -1.95. The highest BCUT2D eigenvalue weighted by Gasteiger charge is 1.96. The van der Waals surface area contributed by atoms with Crippen LogP contribution in [0.15, 0.2) is 17.3 Å². The largest absolute Gasteiger partial charge is 0.411 e. The van der Waals surface area contributed by atoms with Crippen molar-refractivity contribution < 1.29 is 5.21 Å². The monoisotopic (exact) mass is 161 g/mol. The van der Waals surface area contributed by atoms with Gasteiger partial charge in [-0.1, -0.05) is 5.16 Å². The number of oxime groups is 1. The van der Waals surface area contributed by atoms with Crippen molar-refractivity contribution in [2.24, 2.45) is 5.16 Å². The zero-order valence-corrected chi connectivity index (χ0v) is 6.52. The summed E-state index contributed by atoms with van der Waals surface area (Å²) in [6.45, 7) is 1.77. The van der Waals surface area contributed by atoms with E-state index in [1.54, 1.807) is 19.1 Å². The number of nitriles is 1. The van der Waals surface area contributed by atoms with E-state index in [0.717, 1.165) is 5.69 Å². The maximum atomic E-state index is 8.57. The average Bonchev–Trinajstić information content (AvgIpc) is 2.04. The first kappa shape index (κ1) is 8.21. The van der Waals surface area contributed by atoms with Gasteiger partial charge in [0.05, 0.1) is 23.5 Å². The van der Waals surface area contributed by atoms with Gasteiger partial charge in [-0.05, 0) is 19.1 Å². The number of hydrogen-bond donors (Lipinski definition) is 1. The van der Waals surface area contributed by atoms with Crippen LogP contribution in [0.1, 0.15) is 17.0 Å². The van der Waals surface area contributed by atoms with E-state index in [1.807, 2.05) is 6.07 Å². The summed E-state index contributed by atoms with van der Waals surface area (Å²) in [5.74, 6) is 0. The fourth-order valence-electron chi connectivity index (χ4n) is 0.884. The van der Waals surface area contributed by atoms with Gasteiger partial charge in [0.2, 0.25) is 0 Å². The van der Waals surface area contributed by atoms with Crippen molar-refractivity contribution in [3.8, 4) is 6.07 Å². The second-order valence-electron chi connectivity index (χ2n) is 2.28. The highest BCUT2D eigenvalue weighted by Crippen LogP contribution is 2.02. The Hall–Kier alpha value is -1.89. The van der Waals surface area contributed by atoms with Crippen molar-refractivity contribution in [1.82, 2.24) is 4.98 Å². The van der Waals surface area contributed by atoms with Crippen LogP contribution in [0, 0.1) is 18.3 Å². The molecule has 4 nitrogen and oxygen atoms in total. The molecule has 1 heterocycles. The van der Waals surface area contributed by atoms with Crippen LogP contribution in [0.3, 0.4) is 0 Å². The number of hydrogen-bond acceptors (Lipinski definition) is 4. The number of aromatic nitrogens is 1. The normalized spacial score (nSPS) is 10.0. The van der Waals surface area contributed by atoms with Crippen LogP contribution in [0.5, 0.6) is 0 Å². The third-order valence-electron chi connectivity index (χ3n) is 1.29. The summed E-state index contributed by atoms with van der Waals surface area (Å²) in [5.41, 5.74) is 1.72. The smallest absolute Gasteiger partial charge is 0.0993 e. The molecule has 0 aliphatic heterocycles. The molecule has 0 atom stereocenters. The molecule has 1 aromatic heterocycles. The van der Waals surface area contributed by atoms with Gasteiger partial charge in [0, 0.05) is 5.69 Å². The average molecular weight is 161 g/mol. The van der Waals surface area contributed by atoms with Crippen molar-refractivity contribution >= 4 is 6.21 Å². The molecule has 0 aromatic carbocycles. The van der Waals surface area contributed by atoms with Crippen molar-refractivity contribution in [2.75, 3.05) is 0 Å². The molecule has 1 rings (SSSR count). The minimum Gasteiger partial charge on any atom is -0.411 e. The quantitative estimate of drug-likeness (QED) is 0.380. The van der Waals surface area contributed by atoms with Crippen LogP contribution in [-0.2, 0) is 0 Å². The molecule has 0 aliphatic rings. The van der Waals surface area contributed by atoms with E-state index in [2.05, 4.69) is 10.1 Å². The highest BCUT2D eigenvalue weighted by molar-refractivity contribution is 5.77. The molecule has 4 heteroatoms. The van der Waals surface area contributed by atoms with Gasteiger partial charge in [-0.2, -0.15) is 5.26 Å². The van der Waals surface area contributed by atoms with Gasteiger partial charge < -0.3 is 5.21 Å². The Morgan fingerprint density at radius 2 is 2.42 bits per heavy atom. The molecule has 0 amide bonds. The number of nitrogens with zero attached hydrogens (tertiary/aromatic N) is 3. The van der Waals surface area contributed by atoms with Crippen molar-refractivity contribution in [1.29, 1.82) is 5.26 Å². The minimum absolute atomic E-state index is 0.481. The first-order chi connectivity index (χ1) is 5.76. The Bertz CT molecular complexity index is 352. The molecule has 1 N–H and O–H groups in total. The van der Waals surface area contributed by atoms with Gasteiger partial charge in [-0.25, -0.2) is 0 Å². The third kappa shape index (κ3) is 1.80. The molecule has 0 unspecified atom stereocenters. The van der Waals surface area contributed by atoms with E-state index in [9.17, 15) is 0 Å². The Kier molecular flexibility index (Phi) is 2.38. The molecule has 0 spiro atoms. The number of rotatable bonds is 1. The zero-order valence-electron chi connectivity index (χ0n) is 6.52. The van der Waals surface area contributed by atoms with Crippen LogP contribution in [-0.4, -0.2) is 16.4 Å². The van der Waals surface area contributed by atoms with Crippen molar-refractivity contribution in [3.05, 3.63) is 29.1 Å². The molecule has 0 saturated carbocycles. The molecule has 0 saturated heterocycles. The Morgan fingerprint density at radius 3 is 3.00 bits per heavy atom. The molecular formula is C8H7N3O. The second kappa shape index (κ2) is 3.49. The van der Waals surface area contributed by atoms with Gasteiger partial charge in [0.25, 0.3) is 0 Å². The Morgan fingerprint density at radius 1 is 1.67 bits per heavy atom. The summed E-state index contributed by atoms with van der Waals surface area (Å²) in [7, 11) is 0. The topological polar surface area (TPSA) is 69.3 Å². The summed E-state index contributed by atoms with van der Waals surface area (Å²) in [4.78, 5) is 4.01. The Balaban J connectivity index is 3.17. The molecule has 12 heavy (non-hydrogen) atoms. The maximum Gasteiger partial charge on any atom is 0.0993 e. The second-order valence-corrected chi connectivity index (χ2v) is 2.28. The summed E-state index contributed by atoms with van der Waals surface area (Å²) in [6.07, 6.45) is 1.19.